The largest absolute Gasteiger partial charge is 0.402 e. The van der Waals surface area contributed by atoms with Crippen LogP contribution in [-0.4, -0.2) is 18.8 Å². The molecule has 2 amide bonds. The minimum atomic E-state index is -4.34. The van der Waals surface area contributed by atoms with Crippen molar-refractivity contribution in [1.29, 1.82) is 0 Å². The summed E-state index contributed by atoms with van der Waals surface area (Å²) in [5.41, 5.74) is 7.59. The van der Waals surface area contributed by atoms with E-state index in [1.165, 1.54) is 0 Å². The molecule has 0 aliphatic rings. The Morgan fingerprint density at radius 3 is 2.18 bits per heavy atom. The molecule has 0 heterocycles. The molecule has 0 bridgehead atoms. The first kappa shape index (κ1) is 12.9. The second kappa shape index (κ2) is 5.03. The van der Waals surface area contributed by atoms with Crippen molar-refractivity contribution < 1.29 is 18.0 Å². The zero-order valence-corrected chi connectivity index (χ0v) is 6.05. The fraction of sp³-hybridized carbons (Fsp3) is 0.667. The summed E-state index contributed by atoms with van der Waals surface area (Å²) >= 11 is 0. The SMILES string of the molecule is Cl.NC(=O)NNCC(F)(F)F. The molecule has 0 aliphatic carbocycles. The lowest BCUT2D eigenvalue weighted by Crippen LogP contribution is -2.45. The van der Waals surface area contributed by atoms with Gasteiger partial charge in [0, 0.05) is 0 Å². The maximum absolute atomic E-state index is 11.3. The van der Waals surface area contributed by atoms with E-state index in [4.69, 9.17) is 0 Å². The maximum Gasteiger partial charge on any atom is 0.402 e. The second-order valence-corrected chi connectivity index (χ2v) is 1.46. The summed E-state index contributed by atoms with van der Waals surface area (Å²) in [6.07, 6.45) is -4.34. The number of halogens is 4. The van der Waals surface area contributed by atoms with E-state index >= 15 is 0 Å². The number of rotatable bonds is 2. The van der Waals surface area contributed by atoms with Gasteiger partial charge in [0.2, 0.25) is 0 Å². The molecule has 0 fully saturated rings. The quantitative estimate of drug-likeness (QED) is 0.547. The number of carbonyl (C=O) groups is 1. The molecule has 4 nitrogen and oxygen atoms in total. The third-order valence-electron chi connectivity index (χ3n) is 0.500. The highest BCUT2D eigenvalue weighted by Crippen LogP contribution is 2.11. The smallest absolute Gasteiger partial charge is 0.351 e. The molecule has 0 aliphatic heterocycles. The molecule has 0 aromatic heterocycles. The predicted octanol–water partition coefficient (Wildman–Crippen LogP) is 0.143. The Kier molecular flexibility index (Phi) is 5.91. The van der Waals surface area contributed by atoms with Gasteiger partial charge >= 0.3 is 12.2 Å². The lowest BCUT2D eigenvalue weighted by Gasteiger charge is -2.06. The van der Waals surface area contributed by atoms with Crippen molar-refractivity contribution in [1.82, 2.24) is 10.9 Å². The highest BCUT2D eigenvalue weighted by molar-refractivity contribution is 5.85. The summed E-state index contributed by atoms with van der Waals surface area (Å²) in [5, 5.41) is 0. The fourth-order valence-corrected chi connectivity index (χ4v) is 0.232. The van der Waals surface area contributed by atoms with Gasteiger partial charge in [-0.15, -0.1) is 12.4 Å². The first-order chi connectivity index (χ1) is 4.42. The van der Waals surface area contributed by atoms with E-state index in [-0.39, 0.29) is 12.4 Å². The number of primary amides is 1. The number of nitrogens with one attached hydrogen (secondary N) is 2. The Bertz CT molecular complexity index is 127. The molecule has 0 radical (unpaired) electrons. The van der Waals surface area contributed by atoms with Crippen LogP contribution in [0.3, 0.4) is 0 Å². The van der Waals surface area contributed by atoms with Crippen LogP contribution < -0.4 is 16.6 Å². The number of carbonyl (C=O) groups excluding carboxylic acids is 1. The minimum absolute atomic E-state index is 0. The van der Waals surface area contributed by atoms with Crippen LogP contribution in [0.15, 0.2) is 0 Å². The summed E-state index contributed by atoms with van der Waals surface area (Å²) in [4.78, 5) is 9.77. The number of hydrogen-bond donors (Lipinski definition) is 3. The number of nitrogens with two attached hydrogens (primary N) is 1. The average Bonchev–Trinajstić information content (AvgIpc) is 1.59. The molecule has 0 saturated heterocycles. The molecule has 8 heteroatoms. The molecule has 0 aromatic rings. The van der Waals surface area contributed by atoms with Crippen molar-refractivity contribution in [3.05, 3.63) is 0 Å². The van der Waals surface area contributed by atoms with Gasteiger partial charge in [-0.2, -0.15) is 13.2 Å². The topological polar surface area (TPSA) is 67.2 Å². The van der Waals surface area contributed by atoms with Gasteiger partial charge in [-0.3, -0.25) is 5.43 Å². The fourth-order valence-electron chi connectivity index (χ4n) is 0.232. The van der Waals surface area contributed by atoms with Crippen LogP contribution in [0.2, 0.25) is 0 Å². The molecule has 0 spiro atoms. The summed E-state index contributed by atoms with van der Waals surface area (Å²) in [6, 6.07) is -1.05. The minimum Gasteiger partial charge on any atom is -0.351 e. The van der Waals surface area contributed by atoms with Gasteiger partial charge in [0.15, 0.2) is 0 Å². The van der Waals surface area contributed by atoms with Crippen molar-refractivity contribution in [3.63, 3.8) is 0 Å². The van der Waals surface area contributed by atoms with Gasteiger partial charge < -0.3 is 5.73 Å². The Hall–Kier alpha value is -0.690. The zero-order chi connectivity index (χ0) is 8.20. The van der Waals surface area contributed by atoms with Crippen LogP contribution in [-0.2, 0) is 0 Å². The lowest BCUT2D eigenvalue weighted by molar-refractivity contribution is -0.125. The Morgan fingerprint density at radius 2 is 1.91 bits per heavy atom. The van der Waals surface area contributed by atoms with Gasteiger partial charge in [0.25, 0.3) is 0 Å². The number of amides is 2. The van der Waals surface area contributed by atoms with Crippen molar-refractivity contribution in [3.8, 4) is 0 Å². The van der Waals surface area contributed by atoms with E-state index in [2.05, 4.69) is 5.73 Å². The Labute approximate surface area is 66.7 Å². The third kappa shape index (κ3) is 12.5. The molecule has 11 heavy (non-hydrogen) atoms. The normalized spacial score (nSPS) is 10.1. The van der Waals surface area contributed by atoms with Crippen LogP contribution in [0.5, 0.6) is 0 Å². The average molecular weight is 194 g/mol. The molecule has 0 unspecified atom stereocenters. The third-order valence-corrected chi connectivity index (χ3v) is 0.500. The number of hydrazine groups is 1. The summed E-state index contributed by atoms with van der Waals surface area (Å²) in [5.74, 6) is 0. The molecule has 4 N–H and O–H groups in total. The molecule has 68 valence electrons. The van der Waals surface area contributed by atoms with E-state index in [1.54, 1.807) is 10.9 Å². The van der Waals surface area contributed by atoms with Gasteiger partial charge in [-0.1, -0.05) is 0 Å². The summed E-state index contributed by atoms with van der Waals surface area (Å²) in [7, 11) is 0. The van der Waals surface area contributed by atoms with Gasteiger partial charge in [-0.05, 0) is 0 Å². The van der Waals surface area contributed by atoms with Crippen LogP contribution in [0.4, 0.5) is 18.0 Å². The van der Waals surface area contributed by atoms with Gasteiger partial charge in [0.05, 0.1) is 0 Å². The monoisotopic (exact) mass is 193 g/mol. The van der Waals surface area contributed by atoms with Crippen LogP contribution >= 0.6 is 12.4 Å². The predicted molar refractivity (Wildman–Crippen MR) is 34.0 cm³/mol. The highest BCUT2D eigenvalue weighted by Gasteiger charge is 2.26. The van der Waals surface area contributed by atoms with Crippen molar-refractivity contribution in [2.24, 2.45) is 5.73 Å². The maximum atomic E-state index is 11.3. The van der Waals surface area contributed by atoms with Crippen molar-refractivity contribution in [2.45, 2.75) is 6.18 Å². The molecular weight excluding hydrogens is 186 g/mol. The second-order valence-electron chi connectivity index (χ2n) is 1.46. The molecular formula is C3H7ClF3N3O. The molecule has 0 rings (SSSR count). The van der Waals surface area contributed by atoms with Crippen LogP contribution in [0, 0.1) is 0 Å². The van der Waals surface area contributed by atoms with Crippen molar-refractivity contribution >= 4 is 18.4 Å². The van der Waals surface area contributed by atoms with E-state index < -0.39 is 18.8 Å². The van der Waals surface area contributed by atoms with Crippen LogP contribution in [0.1, 0.15) is 0 Å². The molecule has 0 saturated carbocycles. The molecule has 0 atom stereocenters. The number of alkyl halides is 3. The Balaban J connectivity index is 0. The number of urea groups is 1. The highest BCUT2D eigenvalue weighted by atomic mass is 35.5. The molecule has 0 aromatic carbocycles. The lowest BCUT2D eigenvalue weighted by atomic mass is 10.7. The standard InChI is InChI=1S/C3H6F3N3O.ClH/c4-3(5,6)1-8-9-2(7)10;/h8H,1H2,(H3,7,9,10);1H. The van der Waals surface area contributed by atoms with Gasteiger partial charge in [-0.25, -0.2) is 10.2 Å². The van der Waals surface area contributed by atoms with E-state index in [0.29, 0.717) is 0 Å². The van der Waals surface area contributed by atoms with E-state index in [0.717, 1.165) is 0 Å². The summed E-state index contributed by atoms with van der Waals surface area (Å²) in [6.45, 7) is -1.30. The van der Waals surface area contributed by atoms with E-state index in [1.807, 2.05) is 0 Å². The van der Waals surface area contributed by atoms with E-state index in [9.17, 15) is 18.0 Å². The number of hydrogen-bond acceptors (Lipinski definition) is 2. The van der Waals surface area contributed by atoms with Crippen molar-refractivity contribution in [2.75, 3.05) is 6.54 Å². The Morgan fingerprint density at radius 1 is 1.45 bits per heavy atom. The first-order valence-corrected chi connectivity index (χ1v) is 2.27. The first-order valence-electron chi connectivity index (χ1n) is 2.27. The van der Waals surface area contributed by atoms with Crippen LogP contribution in [0.25, 0.3) is 0 Å². The zero-order valence-electron chi connectivity index (χ0n) is 5.23. The summed E-state index contributed by atoms with van der Waals surface area (Å²) < 4.78 is 33.8. The van der Waals surface area contributed by atoms with Gasteiger partial charge in [0.1, 0.15) is 6.54 Å².